The minimum atomic E-state index is -4.91. The summed E-state index contributed by atoms with van der Waals surface area (Å²) in [6, 6.07) is 0. The third kappa shape index (κ3) is 3.00. The number of carbonyl (C=O) groups excluding carboxylic acids is 1. The molecule has 0 atom stereocenters. The quantitative estimate of drug-likeness (QED) is 0.784. The van der Waals surface area contributed by atoms with Gasteiger partial charge in [-0.1, -0.05) is 0 Å². The molecule has 1 heterocycles. The lowest BCUT2D eigenvalue weighted by Gasteiger charge is -2.14. The molecular formula is C9H10F3N3O3. The van der Waals surface area contributed by atoms with E-state index in [1.165, 1.54) is 0 Å². The molecule has 0 saturated carbocycles. The molecule has 0 aliphatic rings. The smallest absolute Gasteiger partial charge is 0.464 e. The summed E-state index contributed by atoms with van der Waals surface area (Å²) in [5, 5.41) is 0. The minimum absolute atomic E-state index is 0.0661. The maximum Gasteiger partial charge on any atom is 0.573 e. The Hall–Kier alpha value is -2.03. The van der Waals surface area contributed by atoms with Crippen molar-refractivity contribution in [2.45, 2.75) is 12.9 Å². The average Bonchev–Trinajstić information content (AvgIpc) is 2.28. The number of ether oxygens (including phenoxy) is 2. The number of nitrogen functional groups attached to an aromatic ring is 1. The summed E-state index contributed by atoms with van der Waals surface area (Å²) < 4.78 is 44.2. The molecule has 1 aromatic heterocycles. The van der Waals surface area contributed by atoms with Crippen LogP contribution in [0.4, 0.5) is 18.9 Å². The van der Waals surface area contributed by atoms with Crippen LogP contribution in [-0.4, -0.2) is 24.4 Å². The zero-order chi connectivity index (χ0) is 13.9. The summed E-state index contributed by atoms with van der Waals surface area (Å²) in [6.45, 7) is -0.279. The van der Waals surface area contributed by atoms with Crippen molar-refractivity contribution in [3.8, 4) is 5.75 Å². The number of halogens is 3. The van der Waals surface area contributed by atoms with Crippen molar-refractivity contribution in [3.05, 3.63) is 17.5 Å². The van der Waals surface area contributed by atoms with Gasteiger partial charge in [0.2, 0.25) is 0 Å². The van der Waals surface area contributed by atoms with Gasteiger partial charge in [-0.05, 0) is 0 Å². The molecule has 0 spiro atoms. The fraction of sp³-hybridized carbons (Fsp3) is 0.333. The fourth-order valence-electron chi connectivity index (χ4n) is 1.23. The summed E-state index contributed by atoms with van der Waals surface area (Å²) in [4.78, 5) is 14.8. The second-order valence-electron chi connectivity index (χ2n) is 3.11. The van der Waals surface area contributed by atoms with Gasteiger partial charge < -0.3 is 20.9 Å². The number of nitrogens with two attached hydrogens (primary N) is 2. The Balaban J connectivity index is 3.24. The van der Waals surface area contributed by atoms with E-state index in [0.717, 1.165) is 7.11 Å². The number of anilines is 1. The first-order valence-electron chi connectivity index (χ1n) is 4.61. The highest BCUT2D eigenvalue weighted by Gasteiger charge is 2.33. The highest BCUT2D eigenvalue weighted by molar-refractivity contribution is 5.91. The third-order valence-corrected chi connectivity index (χ3v) is 2.00. The molecule has 0 unspecified atom stereocenters. The Labute approximate surface area is 99.7 Å². The van der Waals surface area contributed by atoms with Gasteiger partial charge in [-0.3, -0.25) is 0 Å². The van der Waals surface area contributed by atoms with Crippen LogP contribution < -0.4 is 16.2 Å². The van der Waals surface area contributed by atoms with Crippen LogP contribution in [0.2, 0.25) is 0 Å². The van der Waals surface area contributed by atoms with E-state index in [2.05, 4.69) is 14.5 Å². The standard InChI is InChI=1S/C9H10F3N3O3/c1-17-8(16)7-4(2-13)6(14)5(3-15-7)18-9(10,11)12/h3H,2,13H2,1H3,(H2,14,15). The lowest BCUT2D eigenvalue weighted by Crippen LogP contribution is -2.20. The van der Waals surface area contributed by atoms with Crippen LogP contribution in [0.25, 0.3) is 0 Å². The van der Waals surface area contributed by atoms with E-state index < -0.39 is 23.8 Å². The summed E-state index contributed by atoms with van der Waals surface area (Å²) >= 11 is 0. The van der Waals surface area contributed by atoms with E-state index in [9.17, 15) is 18.0 Å². The third-order valence-electron chi connectivity index (χ3n) is 2.00. The first kappa shape index (κ1) is 14.0. The maximum absolute atomic E-state index is 12.1. The molecule has 18 heavy (non-hydrogen) atoms. The minimum Gasteiger partial charge on any atom is -0.464 e. The Kier molecular flexibility index (Phi) is 3.96. The Morgan fingerprint density at radius 2 is 2.11 bits per heavy atom. The normalized spacial score (nSPS) is 11.2. The Morgan fingerprint density at radius 3 is 2.56 bits per heavy atom. The largest absolute Gasteiger partial charge is 0.573 e. The van der Waals surface area contributed by atoms with Crippen LogP contribution >= 0.6 is 0 Å². The number of alkyl halides is 3. The number of esters is 1. The van der Waals surface area contributed by atoms with Crippen molar-refractivity contribution in [2.24, 2.45) is 5.73 Å². The van der Waals surface area contributed by atoms with Crippen molar-refractivity contribution in [1.82, 2.24) is 4.98 Å². The lowest BCUT2D eigenvalue weighted by atomic mass is 10.1. The first-order chi connectivity index (χ1) is 8.30. The summed E-state index contributed by atoms with van der Waals surface area (Å²) in [6.07, 6.45) is -4.22. The molecule has 6 nitrogen and oxygen atoms in total. The van der Waals surface area contributed by atoms with Crippen LogP contribution in [0.5, 0.6) is 5.75 Å². The number of rotatable bonds is 3. The van der Waals surface area contributed by atoms with Gasteiger partial charge in [0.15, 0.2) is 11.4 Å². The van der Waals surface area contributed by atoms with Crippen LogP contribution in [0.15, 0.2) is 6.20 Å². The molecule has 0 saturated heterocycles. The SMILES string of the molecule is COC(=O)c1ncc(OC(F)(F)F)c(N)c1CN. The molecule has 0 radical (unpaired) electrons. The zero-order valence-corrected chi connectivity index (χ0v) is 9.25. The van der Waals surface area contributed by atoms with Gasteiger partial charge in [-0.25, -0.2) is 9.78 Å². The van der Waals surface area contributed by atoms with Gasteiger partial charge in [0.05, 0.1) is 19.0 Å². The number of nitrogens with zero attached hydrogens (tertiary/aromatic N) is 1. The van der Waals surface area contributed by atoms with Crippen LogP contribution in [-0.2, 0) is 11.3 Å². The van der Waals surface area contributed by atoms with Crippen molar-refractivity contribution in [2.75, 3.05) is 12.8 Å². The summed E-state index contributed by atoms with van der Waals surface area (Å²) in [5.41, 5.74) is 10.0. The summed E-state index contributed by atoms with van der Waals surface area (Å²) in [7, 11) is 1.10. The Morgan fingerprint density at radius 1 is 1.50 bits per heavy atom. The first-order valence-corrected chi connectivity index (χ1v) is 4.61. The molecule has 1 rings (SSSR count). The molecule has 100 valence electrons. The predicted molar refractivity (Wildman–Crippen MR) is 54.6 cm³/mol. The second kappa shape index (κ2) is 5.08. The topological polar surface area (TPSA) is 100 Å². The van der Waals surface area contributed by atoms with Gasteiger partial charge >= 0.3 is 12.3 Å². The molecule has 1 aromatic rings. The van der Waals surface area contributed by atoms with Crippen molar-refractivity contribution in [1.29, 1.82) is 0 Å². The van der Waals surface area contributed by atoms with Crippen LogP contribution in [0, 0.1) is 0 Å². The number of hydrogen-bond acceptors (Lipinski definition) is 6. The molecule has 0 fully saturated rings. The fourth-order valence-corrected chi connectivity index (χ4v) is 1.23. The average molecular weight is 265 g/mol. The van der Waals surface area contributed by atoms with E-state index in [0.29, 0.717) is 6.20 Å². The van der Waals surface area contributed by atoms with Crippen molar-refractivity contribution < 1.29 is 27.4 Å². The van der Waals surface area contributed by atoms with Crippen LogP contribution in [0.1, 0.15) is 16.1 Å². The zero-order valence-electron chi connectivity index (χ0n) is 9.25. The molecule has 0 aliphatic carbocycles. The van der Waals surface area contributed by atoms with E-state index in [4.69, 9.17) is 11.5 Å². The van der Waals surface area contributed by atoms with E-state index in [-0.39, 0.29) is 17.8 Å². The van der Waals surface area contributed by atoms with Gasteiger partial charge in [0.25, 0.3) is 0 Å². The predicted octanol–water partition coefficient (Wildman–Crippen LogP) is 0.808. The van der Waals surface area contributed by atoms with E-state index in [1.54, 1.807) is 0 Å². The van der Waals surface area contributed by atoms with Gasteiger partial charge in [-0.2, -0.15) is 0 Å². The summed E-state index contributed by atoms with van der Waals surface area (Å²) in [5.74, 6) is -1.56. The lowest BCUT2D eigenvalue weighted by molar-refractivity contribution is -0.274. The monoisotopic (exact) mass is 265 g/mol. The Bertz CT molecular complexity index is 462. The highest BCUT2D eigenvalue weighted by atomic mass is 19.4. The van der Waals surface area contributed by atoms with E-state index in [1.807, 2.05) is 0 Å². The number of pyridine rings is 1. The highest BCUT2D eigenvalue weighted by Crippen LogP contribution is 2.31. The number of hydrogen-bond donors (Lipinski definition) is 2. The molecule has 0 aromatic carbocycles. The number of carbonyl (C=O) groups is 1. The van der Waals surface area contributed by atoms with Gasteiger partial charge in [0.1, 0.15) is 0 Å². The van der Waals surface area contributed by atoms with E-state index >= 15 is 0 Å². The van der Waals surface area contributed by atoms with Crippen molar-refractivity contribution >= 4 is 11.7 Å². The number of methoxy groups -OCH3 is 1. The number of aromatic nitrogens is 1. The van der Waals surface area contributed by atoms with Crippen LogP contribution in [0.3, 0.4) is 0 Å². The van der Waals surface area contributed by atoms with Crippen molar-refractivity contribution in [3.63, 3.8) is 0 Å². The molecule has 0 aliphatic heterocycles. The molecule has 0 bridgehead atoms. The molecule has 4 N–H and O–H groups in total. The molecular weight excluding hydrogens is 255 g/mol. The van der Waals surface area contributed by atoms with Gasteiger partial charge in [0, 0.05) is 12.1 Å². The molecule has 9 heteroatoms. The second-order valence-corrected chi connectivity index (χ2v) is 3.11. The maximum atomic E-state index is 12.1. The van der Waals surface area contributed by atoms with Gasteiger partial charge in [-0.15, -0.1) is 13.2 Å². The molecule has 0 amide bonds.